The largest absolute Gasteiger partial charge is 0.281 e. The van der Waals surface area contributed by atoms with Crippen LogP contribution in [0, 0.1) is 0 Å². The maximum atomic E-state index is 12.3. The van der Waals surface area contributed by atoms with Gasteiger partial charge in [0.05, 0.1) is 15.9 Å². The highest BCUT2D eigenvalue weighted by molar-refractivity contribution is 6.32. The Kier molecular flexibility index (Phi) is 4.62. The quantitative estimate of drug-likeness (QED) is 0.341. The molecule has 0 bridgehead atoms. The Hall–Kier alpha value is -3.06. The number of amidine groups is 1. The number of hydrogen-bond donors (Lipinski definition) is 1. The summed E-state index contributed by atoms with van der Waals surface area (Å²) in [6.07, 6.45) is 1.37. The van der Waals surface area contributed by atoms with E-state index in [-0.39, 0.29) is 5.56 Å². The first kappa shape index (κ1) is 15.8. The average molecular weight is 341 g/mol. The number of nitrogens with one attached hydrogen (secondary N) is 1. The first-order valence-electron chi connectivity index (χ1n) is 7.08. The predicted octanol–water partition coefficient (Wildman–Crippen LogP) is 3.71. The van der Waals surface area contributed by atoms with Crippen LogP contribution in [0.2, 0.25) is 5.02 Å². The molecule has 0 atom stereocenters. The molecule has 1 heterocycles. The van der Waals surface area contributed by atoms with Gasteiger partial charge in [0.25, 0.3) is 5.56 Å². The van der Waals surface area contributed by atoms with Crippen molar-refractivity contribution in [2.45, 2.75) is 6.92 Å². The fourth-order valence-corrected chi connectivity index (χ4v) is 2.12. The van der Waals surface area contributed by atoms with Gasteiger partial charge in [-0.3, -0.25) is 4.79 Å². The van der Waals surface area contributed by atoms with Gasteiger partial charge in [0.2, 0.25) is 0 Å². The van der Waals surface area contributed by atoms with Crippen molar-refractivity contribution in [3.8, 4) is 0 Å². The van der Waals surface area contributed by atoms with Crippen LogP contribution in [-0.4, -0.2) is 15.5 Å². The van der Waals surface area contributed by atoms with Crippen molar-refractivity contribution in [1.82, 2.24) is 9.66 Å². The molecule has 3 aromatic rings. The zero-order valence-electron chi connectivity index (χ0n) is 12.7. The Morgan fingerprint density at radius 3 is 2.75 bits per heavy atom. The van der Waals surface area contributed by atoms with E-state index >= 15 is 0 Å². The molecule has 0 spiro atoms. The summed E-state index contributed by atoms with van der Waals surface area (Å²) in [7, 11) is 0. The molecule has 8 heteroatoms. The van der Waals surface area contributed by atoms with Gasteiger partial charge >= 0.3 is 0 Å². The van der Waals surface area contributed by atoms with E-state index in [1.165, 1.54) is 11.0 Å². The molecule has 0 saturated carbocycles. The third kappa shape index (κ3) is 3.47. The van der Waals surface area contributed by atoms with E-state index in [9.17, 15) is 4.79 Å². The Morgan fingerprint density at radius 1 is 1.17 bits per heavy atom. The summed E-state index contributed by atoms with van der Waals surface area (Å²) in [5.41, 5.74) is 3.51. The number of rotatable bonds is 3. The molecular weight excluding hydrogens is 328 g/mol. The van der Waals surface area contributed by atoms with Crippen molar-refractivity contribution in [2.75, 3.05) is 5.53 Å². The molecule has 0 radical (unpaired) electrons. The molecule has 0 amide bonds. The molecule has 3 rings (SSSR count). The van der Waals surface area contributed by atoms with Gasteiger partial charge < -0.3 is 0 Å². The van der Waals surface area contributed by atoms with Gasteiger partial charge in [-0.25, -0.2) is 10.5 Å². The molecule has 0 saturated heterocycles. The third-order valence-electron chi connectivity index (χ3n) is 3.14. The van der Waals surface area contributed by atoms with Gasteiger partial charge in [0.1, 0.15) is 12.0 Å². The van der Waals surface area contributed by atoms with Crippen LogP contribution in [0.4, 0.5) is 5.69 Å². The van der Waals surface area contributed by atoms with Crippen molar-refractivity contribution < 1.29 is 0 Å². The summed E-state index contributed by atoms with van der Waals surface area (Å²) < 4.78 is 1.18. The molecule has 0 unspecified atom stereocenters. The summed E-state index contributed by atoms with van der Waals surface area (Å²) in [4.78, 5) is 16.5. The topological polar surface area (TPSA) is 84.0 Å². The van der Waals surface area contributed by atoms with Crippen LogP contribution >= 0.6 is 11.6 Å². The maximum Gasteiger partial charge on any atom is 0.281 e. The smallest absolute Gasteiger partial charge is 0.267 e. The first-order chi connectivity index (χ1) is 11.6. The molecule has 7 nitrogen and oxygen atoms in total. The molecule has 0 aliphatic carbocycles. The summed E-state index contributed by atoms with van der Waals surface area (Å²) >= 11 is 5.99. The van der Waals surface area contributed by atoms with Crippen LogP contribution in [0.15, 0.2) is 75.0 Å². The number of hydrogen-bond acceptors (Lipinski definition) is 5. The lowest BCUT2D eigenvalue weighted by Gasteiger charge is -2.04. The fraction of sp³-hybridized carbons (Fsp3) is 0.0625. The highest BCUT2D eigenvalue weighted by atomic mass is 35.5. The van der Waals surface area contributed by atoms with Crippen molar-refractivity contribution in [3.05, 3.63) is 70.2 Å². The minimum Gasteiger partial charge on any atom is -0.267 e. The Bertz CT molecular complexity index is 995. The van der Waals surface area contributed by atoms with Crippen molar-refractivity contribution in [2.24, 2.45) is 15.3 Å². The summed E-state index contributed by atoms with van der Waals surface area (Å²) in [6, 6.07) is 14.2. The number of nitrogens with zero attached hydrogens (tertiary/aromatic N) is 5. The molecule has 0 aliphatic rings. The van der Waals surface area contributed by atoms with Crippen LogP contribution in [0.25, 0.3) is 10.9 Å². The molecule has 0 fully saturated rings. The molecule has 1 N–H and O–H groups in total. The number of fused-ring (bicyclic) bond motifs is 1. The van der Waals surface area contributed by atoms with Gasteiger partial charge in [-0.1, -0.05) is 35.9 Å². The minimum absolute atomic E-state index is 0.250. The van der Waals surface area contributed by atoms with Gasteiger partial charge in [0, 0.05) is 0 Å². The zero-order valence-corrected chi connectivity index (χ0v) is 13.5. The predicted molar refractivity (Wildman–Crippen MR) is 94.4 cm³/mol. The number of benzene rings is 2. The lowest BCUT2D eigenvalue weighted by Crippen LogP contribution is -2.26. The van der Waals surface area contributed by atoms with E-state index in [0.717, 1.165) is 0 Å². The van der Waals surface area contributed by atoms with E-state index < -0.39 is 0 Å². The molecule has 120 valence electrons. The second-order valence-electron chi connectivity index (χ2n) is 4.85. The summed E-state index contributed by atoms with van der Waals surface area (Å²) in [6.45, 7) is 1.65. The van der Waals surface area contributed by atoms with Crippen molar-refractivity contribution in [3.63, 3.8) is 0 Å². The number of para-hydroxylation sites is 1. The second-order valence-corrected chi connectivity index (χ2v) is 5.25. The van der Waals surface area contributed by atoms with Gasteiger partial charge in [-0.15, -0.1) is 15.3 Å². The summed E-state index contributed by atoms with van der Waals surface area (Å²) in [5.74, 6) is 0.329. The van der Waals surface area contributed by atoms with E-state index in [0.29, 0.717) is 27.4 Å². The van der Waals surface area contributed by atoms with Gasteiger partial charge in [0.15, 0.2) is 5.84 Å². The first-order valence-corrected chi connectivity index (χ1v) is 7.46. The number of aromatic nitrogens is 2. The second kappa shape index (κ2) is 7.01. The Labute approximate surface area is 142 Å². The van der Waals surface area contributed by atoms with Crippen molar-refractivity contribution >= 4 is 34.0 Å². The highest BCUT2D eigenvalue weighted by Crippen LogP contribution is 2.23. The Balaban J connectivity index is 1.79. The van der Waals surface area contributed by atoms with Crippen LogP contribution in [0.5, 0.6) is 0 Å². The third-order valence-corrected chi connectivity index (χ3v) is 3.46. The van der Waals surface area contributed by atoms with E-state index in [1.807, 2.05) is 18.2 Å². The number of halogens is 1. The average Bonchev–Trinajstić information content (AvgIpc) is 2.61. The van der Waals surface area contributed by atoms with Gasteiger partial charge in [-0.2, -0.15) is 4.68 Å². The van der Waals surface area contributed by atoms with E-state index in [4.69, 9.17) is 11.6 Å². The minimum atomic E-state index is -0.250. The SMILES string of the molecule is CC(N=Nc1ccccc1Cl)=NNn1cnc2ccccc2c1=O. The van der Waals surface area contributed by atoms with Crippen molar-refractivity contribution in [1.29, 1.82) is 0 Å². The normalized spacial score (nSPS) is 12.0. The van der Waals surface area contributed by atoms with Crippen LogP contribution in [-0.2, 0) is 0 Å². The van der Waals surface area contributed by atoms with Crippen LogP contribution < -0.4 is 11.1 Å². The standard InChI is InChI=1S/C16H13ClN6O/c1-11(19-21-15-9-5-3-7-13(15)17)20-22-23-10-18-14-8-4-2-6-12(14)16(23)24/h2-10,22H,1H3. The zero-order chi connectivity index (χ0) is 16.9. The van der Waals surface area contributed by atoms with Crippen LogP contribution in [0.3, 0.4) is 0 Å². The molecule has 0 aliphatic heterocycles. The highest BCUT2D eigenvalue weighted by Gasteiger charge is 2.02. The van der Waals surface area contributed by atoms with Gasteiger partial charge in [-0.05, 0) is 31.2 Å². The van der Waals surface area contributed by atoms with E-state index in [1.54, 1.807) is 37.3 Å². The molecular formula is C16H13ClN6O. The van der Waals surface area contributed by atoms with Crippen LogP contribution in [0.1, 0.15) is 6.92 Å². The lowest BCUT2D eigenvalue weighted by molar-refractivity contribution is 0.819. The number of azo groups is 1. The lowest BCUT2D eigenvalue weighted by atomic mass is 10.2. The monoisotopic (exact) mass is 340 g/mol. The molecule has 2 aromatic carbocycles. The fourth-order valence-electron chi connectivity index (χ4n) is 1.95. The maximum absolute atomic E-state index is 12.3. The molecule has 24 heavy (non-hydrogen) atoms. The Morgan fingerprint density at radius 2 is 1.92 bits per heavy atom. The molecule has 1 aromatic heterocycles. The summed E-state index contributed by atoms with van der Waals surface area (Å²) in [5, 5.41) is 13.0. The van der Waals surface area contributed by atoms with E-state index in [2.05, 4.69) is 25.8 Å². The number of hydrazone groups is 1.